The van der Waals surface area contributed by atoms with Crippen LogP contribution < -0.4 is 10.6 Å². The van der Waals surface area contributed by atoms with Crippen LogP contribution in [0.5, 0.6) is 0 Å². The lowest BCUT2D eigenvalue weighted by atomic mass is 10.2. The quantitative estimate of drug-likeness (QED) is 0.740. The van der Waals surface area contributed by atoms with Crippen LogP contribution in [0.25, 0.3) is 0 Å². The Kier molecular flexibility index (Phi) is 6.75. The fraction of sp³-hybridized carbons (Fsp3) is 0.400. The summed E-state index contributed by atoms with van der Waals surface area (Å²) >= 11 is 1.56. The Morgan fingerprint density at radius 1 is 1.38 bits per heavy atom. The molecule has 1 fully saturated rings. The Morgan fingerprint density at radius 2 is 2.12 bits per heavy atom. The van der Waals surface area contributed by atoms with E-state index in [0.29, 0.717) is 12.6 Å². The minimum atomic E-state index is -5.08. The van der Waals surface area contributed by atoms with Gasteiger partial charge in [-0.3, -0.25) is 4.79 Å². The van der Waals surface area contributed by atoms with E-state index in [0.717, 1.165) is 23.5 Å². The molecule has 2 aromatic heterocycles. The number of carboxylic acid groups (broad SMARTS) is 1. The standard InChI is InChI=1S/C13H15N3O2S.C2HF3O2/c17-13(15-8-9-5-7-18-16-9)12-4-3-11(19-12)10-2-1-6-14-10;3-2(4,5)1(6)7/h3-5,7,10,14H,1-2,6,8H2,(H,15,17);(H,6,7). The van der Waals surface area contributed by atoms with E-state index in [4.69, 9.17) is 14.4 Å². The summed E-state index contributed by atoms with van der Waals surface area (Å²) in [6, 6.07) is 6.08. The molecule has 0 spiro atoms. The number of hydrogen-bond acceptors (Lipinski definition) is 6. The van der Waals surface area contributed by atoms with Crippen molar-refractivity contribution in [3.05, 3.63) is 39.9 Å². The van der Waals surface area contributed by atoms with Crippen LogP contribution in [0.4, 0.5) is 13.2 Å². The van der Waals surface area contributed by atoms with E-state index in [9.17, 15) is 18.0 Å². The summed E-state index contributed by atoms with van der Waals surface area (Å²) in [4.78, 5) is 22.9. The molecule has 0 aromatic carbocycles. The van der Waals surface area contributed by atoms with Crippen molar-refractivity contribution < 1.29 is 32.4 Å². The monoisotopic (exact) mass is 391 g/mol. The van der Waals surface area contributed by atoms with Gasteiger partial charge in [0.2, 0.25) is 0 Å². The van der Waals surface area contributed by atoms with E-state index in [-0.39, 0.29) is 5.91 Å². The van der Waals surface area contributed by atoms with Crippen molar-refractivity contribution in [2.45, 2.75) is 31.6 Å². The second-order valence-electron chi connectivity index (χ2n) is 5.33. The van der Waals surface area contributed by atoms with Gasteiger partial charge in [-0.25, -0.2) is 4.79 Å². The highest BCUT2D eigenvalue weighted by Crippen LogP contribution is 2.29. The lowest BCUT2D eigenvalue weighted by Gasteiger charge is -2.05. The summed E-state index contributed by atoms with van der Waals surface area (Å²) in [5.74, 6) is -2.82. The number of carbonyl (C=O) groups excluding carboxylic acids is 1. The Hall–Kier alpha value is -2.40. The summed E-state index contributed by atoms with van der Waals surface area (Å²) < 4.78 is 36.5. The number of carbonyl (C=O) groups is 2. The van der Waals surface area contributed by atoms with Crippen molar-refractivity contribution in [1.82, 2.24) is 15.8 Å². The zero-order valence-electron chi connectivity index (χ0n) is 13.4. The topological polar surface area (TPSA) is 104 Å². The van der Waals surface area contributed by atoms with Crippen molar-refractivity contribution in [2.75, 3.05) is 6.54 Å². The number of carboxylic acids is 1. The Morgan fingerprint density at radius 3 is 2.65 bits per heavy atom. The number of nitrogens with one attached hydrogen (secondary N) is 2. The third-order valence-electron chi connectivity index (χ3n) is 3.42. The maximum Gasteiger partial charge on any atom is 0.490 e. The number of hydrogen-bond donors (Lipinski definition) is 3. The number of aromatic nitrogens is 1. The molecule has 26 heavy (non-hydrogen) atoms. The molecule has 1 saturated heterocycles. The molecular formula is C15H16F3N3O4S. The van der Waals surface area contributed by atoms with E-state index in [1.54, 1.807) is 17.4 Å². The molecule has 3 N–H and O–H groups in total. The number of nitrogens with zero attached hydrogens (tertiary/aromatic N) is 1. The third kappa shape index (κ3) is 5.85. The van der Waals surface area contributed by atoms with Gasteiger partial charge < -0.3 is 20.3 Å². The predicted molar refractivity (Wildman–Crippen MR) is 85.7 cm³/mol. The molecule has 3 rings (SSSR count). The van der Waals surface area contributed by atoms with Crippen LogP contribution in [-0.2, 0) is 11.3 Å². The summed E-state index contributed by atoms with van der Waals surface area (Å²) in [6.07, 6.45) is -1.23. The molecule has 3 heterocycles. The fourth-order valence-corrected chi connectivity index (χ4v) is 3.21. The van der Waals surface area contributed by atoms with Gasteiger partial charge in [0, 0.05) is 17.0 Å². The molecule has 11 heteroatoms. The SMILES string of the molecule is O=C(NCc1ccon1)c1ccc(C2CCCN2)s1.O=C(O)C(F)(F)F. The molecule has 1 amide bonds. The highest BCUT2D eigenvalue weighted by molar-refractivity contribution is 7.14. The van der Waals surface area contributed by atoms with Crippen molar-refractivity contribution in [3.8, 4) is 0 Å². The van der Waals surface area contributed by atoms with Gasteiger partial charge in [-0.15, -0.1) is 11.3 Å². The summed E-state index contributed by atoms with van der Waals surface area (Å²) in [5.41, 5.74) is 0.725. The van der Waals surface area contributed by atoms with Crippen molar-refractivity contribution in [1.29, 1.82) is 0 Å². The van der Waals surface area contributed by atoms with Crippen LogP contribution in [0, 0.1) is 0 Å². The summed E-state index contributed by atoms with van der Waals surface area (Å²) in [5, 5.41) is 17.1. The van der Waals surface area contributed by atoms with E-state index >= 15 is 0 Å². The first kappa shape index (κ1) is 19.9. The maximum absolute atomic E-state index is 12.0. The first-order valence-corrected chi connectivity index (χ1v) is 8.39. The van der Waals surface area contributed by atoms with E-state index < -0.39 is 12.1 Å². The molecule has 142 valence electrons. The molecule has 1 aliphatic rings. The van der Waals surface area contributed by atoms with Gasteiger partial charge in [0.25, 0.3) is 5.91 Å². The smallest absolute Gasteiger partial charge is 0.475 e. The Labute approximate surface area is 150 Å². The molecular weight excluding hydrogens is 375 g/mol. The number of amides is 1. The second-order valence-corrected chi connectivity index (χ2v) is 6.44. The number of thiophene rings is 1. The molecule has 1 atom stereocenters. The van der Waals surface area contributed by atoms with Crippen LogP contribution in [0.15, 0.2) is 29.0 Å². The lowest BCUT2D eigenvalue weighted by molar-refractivity contribution is -0.192. The van der Waals surface area contributed by atoms with Gasteiger partial charge in [-0.1, -0.05) is 5.16 Å². The zero-order chi connectivity index (χ0) is 19.2. The van der Waals surface area contributed by atoms with Crippen molar-refractivity contribution in [3.63, 3.8) is 0 Å². The lowest BCUT2D eigenvalue weighted by Crippen LogP contribution is -2.21. The highest BCUT2D eigenvalue weighted by Gasteiger charge is 2.38. The van der Waals surface area contributed by atoms with Crippen LogP contribution >= 0.6 is 11.3 Å². The van der Waals surface area contributed by atoms with E-state index in [2.05, 4.69) is 15.8 Å². The first-order valence-electron chi connectivity index (χ1n) is 7.58. The van der Waals surface area contributed by atoms with Crippen LogP contribution in [0.1, 0.15) is 39.1 Å². The molecule has 0 aliphatic carbocycles. The average molecular weight is 391 g/mol. The first-order chi connectivity index (χ1) is 12.3. The van der Waals surface area contributed by atoms with Gasteiger partial charge in [0.1, 0.15) is 12.0 Å². The van der Waals surface area contributed by atoms with E-state index in [1.807, 2.05) is 12.1 Å². The Balaban J connectivity index is 0.000000298. The summed E-state index contributed by atoms with van der Waals surface area (Å²) in [7, 11) is 0. The van der Waals surface area contributed by atoms with Gasteiger partial charge in [0.05, 0.1) is 11.4 Å². The van der Waals surface area contributed by atoms with Crippen molar-refractivity contribution >= 4 is 23.2 Å². The predicted octanol–water partition coefficient (Wildman–Crippen LogP) is 2.72. The highest BCUT2D eigenvalue weighted by atomic mass is 32.1. The minimum absolute atomic E-state index is 0.0581. The van der Waals surface area contributed by atoms with Gasteiger partial charge in [-0.2, -0.15) is 13.2 Å². The number of rotatable bonds is 4. The third-order valence-corrected chi connectivity index (χ3v) is 4.62. The molecule has 2 aromatic rings. The van der Waals surface area contributed by atoms with Crippen LogP contribution in [-0.4, -0.2) is 34.9 Å². The number of alkyl halides is 3. The minimum Gasteiger partial charge on any atom is -0.475 e. The molecule has 0 saturated carbocycles. The fourth-order valence-electron chi connectivity index (χ4n) is 2.18. The molecule has 0 bridgehead atoms. The van der Waals surface area contributed by atoms with Crippen molar-refractivity contribution in [2.24, 2.45) is 0 Å². The zero-order valence-corrected chi connectivity index (χ0v) is 14.2. The largest absolute Gasteiger partial charge is 0.490 e. The number of aliphatic carboxylic acids is 1. The Bertz CT molecular complexity index is 725. The normalized spacial score (nSPS) is 16.7. The molecule has 1 unspecified atom stereocenters. The van der Waals surface area contributed by atoms with Crippen LogP contribution in [0.2, 0.25) is 0 Å². The van der Waals surface area contributed by atoms with Gasteiger partial charge in [-0.05, 0) is 31.5 Å². The van der Waals surface area contributed by atoms with Gasteiger partial charge >= 0.3 is 12.1 Å². The summed E-state index contributed by atoms with van der Waals surface area (Å²) in [6.45, 7) is 1.46. The van der Waals surface area contributed by atoms with E-state index in [1.165, 1.54) is 17.6 Å². The van der Waals surface area contributed by atoms with Crippen LogP contribution in [0.3, 0.4) is 0 Å². The molecule has 0 radical (unpaired) electrons. The average Bonchev–Trinajstić information content (AvgIpc) is 3.33. The molecule has 7 nitrogen and oxygen atoms in total. The maximum atomic E-state index is 12.0. The molecule has 1 aliphatic heterocycles. The van der Waals surface area contributed by atoms with Gasteiger partial charge in [0.15, 0.2) is 0 Å². The second kappa shape index (κ2) is 8.81. The number of halogens is 3.